The van der Waals surface area contributed by atoms with Crippen molar-refractivity contribution in [1.29, 1.82) is 0 Å². The molecule has 0 radical (unpaired) electrons. The van der Waals surface area contributed by atoms with Gasteiger partial charge in [-0.25, -0.2) is 9.10 Å². The van der Waals surface area contributed by atoms with E-state index in [4.69, 9.17) is 25.7 Å². The summed E-state index contributed by atoms with van der Waals surface area (Å²) in [6.07, 6.45) is 6.84. The molecule has 1 rings (SSSR count). The zero-order chi connectivity index (χ0) is 19.6. The Labute approximate surface area is 171 Å². The van der Waals surface area contributed by atoms with Crippen molar-refractivity contribution in [3.63, 3.8) is 0 Å². The van der Waals surface area contributed by atoms with Crippen LogP contribution in [0.25, 0.3) is 0 Å². The Bertz CT molecular complexity index is 508. The lowest BCUT2D eigenvalue weighted by Crippen LogP contribution is -2.35. The Morgan fingerprint density at radius 3 is 2.31 bits per heavy atom. The minimum Gasteiger partial charge on any atom is -0.318 e. The molecule has 7 nitrogen and oxygen atoms in total. The zero-order valence-electron chi connectivity index (χ0n) is 16.2. The van der Waals surface area contributed by atoms with Crippen molar-refractivity contribution >= 4 is 53.5 Å². The Morgan fingerprint density at radius 1 is 1.23 bits per heavy atom. The highest BCUT2D eigenvalue weighted by atomic mass is 32.5. The minimum atomic E-state index is -2.70. The molecule has 0 saturated heterocycles. The fourth-order valence-corrected chi connectivity index (χ4v) is 7.11. The van der Waals surface area contributed by atoms with Crippen molar-refractivity contribution in [2.24, 2.45) is 5.16 Å². The van der Waals surface area contributed by atoms with Crippen LogP contribution in [0.1, 0.15) is 52.9 Å². The predicted octanol–water partition coefficient (Wildman–Crippen LogP) is 5.25. The summed E-state index contributed by atoms with van der Waals surface area (Å²) in [5, 5.41) is 4.47. The smallest absolute Gasteiger partial charge is 0.318 e. The molecule has 1 aliphatic carbocycles. The molecule has 1 aliphatic rings. The molecule has 1 fully saturated rings. The van der Waals surface area contributed by atoms with Crippen LogP contribution in [0.5, 0.6) is 0 Å². The fraction of sp³-hybridized carbons (Fsp3) is 0.867. The van der Waals surface area contributed by atoms with Gasteiger partial charge in [-0.2, -0.15) is 4.08 Å². The summed E-state index contributed by atoms with van der Waals surface area (Å²) in [6, 6.07) is 0.212. The number of nitrogens with zero attached hydrogens (tertiary/aromatic N) is 3. The molecule has 0 aromatic rings. The lowest BCUT2D eigenvalue weighted by Gasteiger charge is -2.40. The second-order valence-electron chi connectivity index (χ2n) is 5.65. The third-order valence-corrected chi connectivity index (χ3v) is 9.56. The number of hydrogen-bond donors (Lipinski definition) is 0. The lowest BCUT2D eigenvalue weighted by atomic mass is 9.96. The van der Waals surface area contributed by atoms with Gasteiger partial charge in [0, 0.05) is 13.1 Å². The van der Waals surface area contributed by atoms with Gasteiger partial charge < -0.3 is 9.05 Å². The molecule has 1 saturated carbocycles. The number of rotatable bonds is 9. The Kier molecular flexibility index (Phi) is 11.7. The normalized spacial score (nSPS) is 16.8. The highest BCUT2D eigenvalue weighted by Crippen LogP contribution is 2.59. The van der Waals surface area contributed by atoms with Crippen molar-refractivity contribution in [1.82, 2.24) is 8.38 Å². The number of carbonyl (C=O) groups is 1. The van der Waals surface area contributed by atoms with Gasteiger partial charge in [-0.15, -0.1) is 11.8 Å². The van der Waals surface area contributed by atoms with E-state index >= 15 is 0 Å². The molecule has 11 heteroatoms. The molecular formula is C15H30N3O4PS3. The second-order valence-corrected chi connectivity index (χ2v) is 11.3. The minimum absolute atomic E-state index is 0.212. The summed E-state index contributed by atoms with van der Waals surface area (Å²) in [6.45, 7) is 3.82. The fourth-order valence-electron chi connectivity index (χ4n) is 2.45. The van der Waals surface area contributed by atoms with Gasteiger partial charge in [-0.1, -0.05) is 24.4 Å². The third-order valence-electron chi connectivity index (χ3n) is 3.72. The summed E-state index contributed by atoms with van der Waals surface area (Å²) in [5.74, 6) is 0. The van der Waals surface area contributed by atoms with Crippen LogP contribution in [0.3, 0.4) is 0 Å². The number of amides is 1. The quantitative estimate of drug-likeness (QED) is 0.120. The van der Waals surface area contributed by atoms with Gasteiger partial charge in [0.15, 0.2) is 0 Å². The highest BCUT2D eigenvalue weighted by Gasteiger charge is 2.37. The lowest BCUT2D eigenvalue weighted by molar-refractivity contribution is 0.136. The SMILES string of the molecule is CCOP(=S)(OCC)N(SN(C)C(=O)O/N=C(\C)SC)C1CCCCC1. The first-order chi connectivity index (χ1) is 12.4. The van der Waals surface area contributed by atoms with Crippen molar-refractivity contribution in [2.45, 2.75) is 58.9 Å². The van der Waals surface area contributed by atoms with E-state index < -0.39 is 12.7 Å². The van der Waals surface area contributed by atoms with Crippen molar-refractivity contribution < 1.29 is 18.7 Å². The molecule has 0 aliphatic heterocycles. The molecule has 0 spiro atoms. The van der Waals surface area contributed by atoms with Crippen molar-refractivity contribution in [2.75, 3.05) is 26.5 Å². The largest absolute Gasteiger partial charge is 0.446 e. The maximum absolute atomic E-state index is 12.3. The molecular weight excluding hydrogens is 413 g/mol. The van der Waals surface area contributed by atoms with E-state index in [1.807, 2.05) is 24.2 Å². The van der Waals surface area contributed by atoms with Gasteiger partial charge in [0.25, 0.3) is 6.64 Å². The van der Waals surface area contributed by atoms with Crippen LogP contribution < -0.4 is 0 Å². The predicted molar refractivity (Wildman–Crippen MR) is 115 cm³/mol. The first-order valence-corrected chi connectivity index (χ1v) is 13.3. The van der Waals surface area contributed by atoms with Crippen molar-refractivity contribution in [3.8, 4) is 0 Å². The molecule has 152 valence electrons. The van der Waals surface area contributed by atoms with Crippen LogP contribution in [0.2, 0.25) is 0 Å². The Morgan fingerprint density at radius 2 is 1.81 bits per heavy atom. The molecule has 0 aromatic heterocycles. The summed E-state index contributed by atoms with van der Waals surface area (Å²) in [7, 11) is 1.64. The van der Waals surface area contributed by atoms with Gasteiger partial charge >= 0.3 is 6.09 Å². The van der Waals surface area contributed by atoms with Gasteiger partial charge in [0.05, 0.1) is 25.3 Å². The maximum atomic E-state index is 12.3. The summed E-state index contributed by atoms with van der Waals surface area (Å²) in [5.41, 5.74) is 0. The summed E-state index contributed by atoms with van der Waals surface area (Å²) in [4.78, 5) is 17.2. The van der Waals surface area contributed by atoms with Crippen molar-refractivity contribution in [3.05, 3.63) is 0 Å². The van der Waals surface area contributed by atoms with E-state index in [1.54, 1.807) is 14.0 Å². The van der Waals surface area contributed by atoms with Gasteiger partial charge in [-0.05, 0) is 51.7 Å². The highest BCUT2D eigenvalue weighted by molar-refractivity contribution is 8.15. The molecule has 0 unspecified atom stereocenters. The van der Waals surface area contributed by atoms with Crippen LogP contribution in [0, 0.1) is 0 Å². The van der Waals surface area contributed by atoms with E-state index in [0.717, 1.165) is 25.7 Å². The molecule has 0 atom stereocenters. The Balaban J connectivity index is 2.93. The van der Waals surface area contributed by atoms with E-state index in [0.29, 0.717) is 18.3 Å². The summed E-state index contributed by atoms with van der Waals surface area (Å²) < 4.78 is 15.1. The average molecular weight is 444 g/mol. The molecule has 0 heterocycles. The number of hydrogen-bond acceptors (Lipinski definition) is 8. The second kappa shape index (κ2) is 12.6. The summed E-state index contributed by atoms with van der Waals surface area (Å²) >= 11 is 8.43. The maximum Gasteiger partial charge on any atom is 0.446 e. The van der Waals surface area contributed by atoms with E-state index in [1.165, 1.54) is 34.6 Å². The van der Waals surface area contributed by atoms with Crippen LogP contribution in [-0.2, 0) is 25.7 Å². The van der Waals surface area contributed by atoms with Gasteiger partial charge in [0.2, 0.25) is 0 Å². The molecule has 1 amide bonds. The number of oxime groups is 1. The van der Waals surface area contributed by atoms with Crippen LogP contribution in [0.15, 0.2) is 5.16 Å². The molecule has 0 aromatic carbocycles. The molecule has 26 heavy (non-hydrogen) atoms. The number of thioether (sulfide) groups is 1. The Hall–Kier alpha value is 0.170. The van der Waals surface area contributed by atoms with Crippen LogP contribution >= 0.6 is 30.5 Å². The third kappa shape index (κ3) is 7.66. The first kappa shape index (κ1) is 24.2. The molecule has 0 N–H and O–H groups in total. The van der Waals surface area contributed by atoms with Crippen LogP contribution in [-0.4, -0.2) is 52.1 Å². The van der Waals surface area contributed by atoms with E-state index in [9.17, 15) is 4.79 Å². The standard InChI is InChI=1S/C15H30N3O4PS3/c1-6-20-23(24,21-7-2)18(14-11-9-8-10-12-14)26-17(4)15(19)22-16-13(3)25-5/h14H,6-12H2,1-5H3/b16-13+. The van der Waals surface area contributed by atoms with Gasteiger partial charge in [0.1, 0.15) is 5.04 Å². The topological polar surface area (TPSA) is 63.6 Å². The van der Waals surface area contributed by atoms with E-state index in [-0.39, 0.29) is 6.04 Å². The molecule has 0 bridgehead atoms. The number of carbonyl (C=O) groups excluding carboxylic acids is 1. The van der Waals surface area contributed by atoms with Crippen LogP contribution in [0.4, 0.5) is 4.79 Å². The van der Waals surface area contributed by atoms with Gasteiger partial charge in [-0.3, -0.25) is 4.84 Å². The zero-order valence-corrected chi connectivity index (χ0v) is 19.5. The monoisotopic (exact) mass is 443 g/mol. The average Bonchev–Trinajstić information content (AvgIpc) is 2.64. The first-order valence-electron chi connectivity index (χ1n) is 8.78. The van der Waals surface area contributed by atoms with E-state index in [2.05, 4.69) is 5.16 Å².